The number of amides is 2. The molecule has 4 rings (SSSR count). The van der Waals surface area contributed by atoms with Crippen LogP contribution in [0.3, 0.4) is 0 Å². The normalized spacial score (nSPS) is 24.5. The van der Waals surface area contributed by atoms with E-state index in [0.717, 1.165) is 45.1 Å². The molecular weight excluding hydrogens is 362 g/mol. The second kappa shape index (κ2) is 8.76. The minimum atomic E-state index is -0.00800. The number of aromatic nitrogens is 1. The molecule has 0 bridgehead atoms. The Balaban J connectivity index is 1.64. The fourth-order valence-corrected chi connectivity index (χ4v) is 5.10. The first-order chi connectivity index (χ1) is 14.1. The zero-order valence-electron chi connectivity index (χ0n) is 17.0. The maximum Gasteiger partial charge on any atom is 0.272 e. The van der Waals surface area contributed by atoms with Gasteiger partial charge in [-0.3, -0.25) is 14.6 Å². The summed E-state index contributed by atoms with van der Waals surface area (Å²) in [5, 5.41) is 0. The maximum atomic E-state index is 13.3. The summed E-state index contributed by atoms with van der Waals surface area (Å²) < 4.78 is 0. The summed E-state index contributed by atoms with van der Waals surface area (Å²) in [5.74, 6) is 0.107. The van der Waals surface area contributed by atoms with Gasteiger partial charge in [-0.05, 0) is 43.4 Å². The van der Waals surface area contributed by atoms with Gasteiger partial charge in [-0.25, -0.2) is 0 Å². The Morgan fingerprint density at radius 1 is 1.00 bits per heavy atom. The Bertz CT molecular complexity index is 840. The third-order valence-electron chi connectivity index (χ3n) is 6.33. The Morgan fingerprint density at radius 3 is 2.52 bits per heavy atom. The lowest BCUT2D eigenvalue weighted by Crippen LogP contribution is -2.50. The maximum absolute atomic E-state index is 13.3. The van der Waals surface area contributed by atoms with Crippen LogP contribution < -0.4 is 0 Å². The van der Waals surface area contributed by atoms with Crippen LogP contribution in [-0.4, -0.2) is 51.3 Å². The first-order valence-corrected chi connectivity index (χ1v) is 10.7. The van der Waals surface area contributed by atoms with Crippen LogP contribution in [0.2, 0.25) is 0 Å². The largest absolute Gasteiger partial charge is 0.334 e. The molecule has 0 unspecified atom stereocenters. The number of fused-ring (bicyclic) bond motifs is 1. The lowest BCUT2D eigenvalue weighted by Gasteiger charge is -2.37. The van der Waals surface area contributed by atoms with Gasteiger partial charge < -0.3 is 9.80 Å². The zero-order chi connectivity index (χ0) is 20.2. The van der Waals surface area contributed by atoms with Crippen LogP contribution in [0, 0.1) is 0 Å². The molecule has 0 N–H and O–H groups in total. The molecule has 1 aromatic heterocycles. The Labute approximate surface area is 172 Å². The van der Waals surface area contributed by atoms with Gasteiger partial charge in [0.1, 0.15) is 5.69 Å². The van der Waals surface area contributed by atoms with Crippen LogP contribution in [0.1, 0.15) is 55.1 Å². The molecule has 0 saturated carbocycles. The zero-order valence-corrected chi connectivity index (χ0v) is 17.0. The summed E-state index contributed by atoms with van der Waals surface area (Å²) >= 11 is 0. The van der Waals surface area contributed by atoms with Crippen molar-refractivity contribution < 1.29 is 9.59 Å². The highest BCUT2D eigenvalue weighted by molar-refractivity contribution is 5.92. The van der Waals surface area contributed by atoms with Gasteiger partial charge in [0.25, 0.3) is 5.91 Å². The second-order valence-corrected chi connectivity index (χ2v) is 8.20. The number of nitrogens with zero attached hydrogens (tertiary/aromatic N) is 3. The van der Waals surface area contributed by atoms with Gasteiger partial charge >= 0.3 is 0 Å². The molecule has 3 heterocycles. The molecule has 1 aromatic carbocycles. The predicted molar refractivity (Wildman–Crippen MR) is 112 cm³/mol. The minimum absolute atomic E-state index is 0.00800. The molecule has 0 aliphatic carbocycles. The fourth-order valence-electron chi connectivity index (χ4n) is 5.10. The van der Waals surface area contributed by atoms with Gasteiger partial charge in [-0.15, -0.1) is 0 Å². The molecule has 0 radical (unpaired) electrons. The van der Waals surface area contributed by atoms with Crippen LogP contribution in [0.15, 0.2) is 54.7 Å². The Morgan fingerprint density at radius 2 is 1.79 bits per heavy atom. The van der Waals surface area contributed by atoms with Crippen molar-refractivity contribution in [3.8, 4) is 0 Å². The fraction of sp³-hybridized carbons (Fsp3) is 0.458. The average molecular weight is 392 g/mol. The van der Waals surface area contributed by atoms with Gasteiger partial charge in [0, 0.05) is 25.7 Å². The van der Waals surface area contributed by atoms with Gasteiger partial charge in [0.05, 0.1) is 12.1 Å². The SMILES string of the molecule is CC(=O)N1[C@H](Cc2ccccc2)C[C@H]2[C@H]1CCCCCN2C(=O)c1ccccn1. The number of carbonyl (C=O) groups excluding carboxylic acids is 2. The topological polar surface area (TPSA) is 53.5 Å². The molecule has 2 aliphatic heterocycles. The molecule has 5 nitrogen and oxygen atoms in total. The summed E-state index contributed by atoms with van der Waals surface area (Å²) in [4.78, 5) is 34.3. The number of rotatable bonds is 3. The predicted octanol–water partition coefficient (Wildman–Crippen LogP) is 3.70. The van der Waals surface area contributed by atoms with Crippen molar-refractivity contribution in [2.24, 2.45) is 0 Å². The van der Waals surface area contributed by atoms with E-state index in [1.54, 1.807) is 19.2 Å². The minimum Gasteiger partial charge on any atom is -0.334 e. The van der Waals surface area contributed by atoms with E-state index in [1.807, 2.05) is 35.2 Å². The lowest BCUT2D eigenvalue weighted by atomic mass is 9.95. The standard InChI is InChI=1S/C24H29N3O2/c1-18(28)27-20(16-19-10-4-2-5-11-19)17-23-22(27)13-6-3-9-15-26(23)24(29)21-12-7-8-14-25-21/h2,4-5,7-8,10-12,14,20,22-23H,3,6,9,13,15-17H2,1H3/t20-,22-,23+/m1/s1. The highest BCUT2D eigenvalue weighted by Crippen LogP contribution is 2.35. The number of hydrogen-bond donors (Lipinski definition) is 0. The summed E-state index contributed by atoms with van der Waals surface area (Å²) in [6.45, 7) is 2.41. The van der Waals surface area contributed by atoms with E-state index in [-0.39, 0.29) is 29.9 Å². The van der Waals surface area contributed by atoms with E-state index in [4.69, 9.17) is 0 Å². The van der Waals surface area contributed by atoms with Crippen LogP contribution in [0.25, 0.3) is 0 Å². The van der Waals surface area contributed by atoms with Gasteiger partial charge in [0.15, 0.2) is 0 Å². The number of likely N-dealkylation sites (tertiary alicyclic amines) is 2. The van der Waals surface area contributed by atoms with E-state index in [2.05, 4.69) is 22.0 Å². The van der Waals surface area contributed by atoms with Crippen molar-refractivity contribution in [3.63, 3.8) is 0 Å². The highest BCUT2D eigenvalue weighted by Gasteiger charge is 2.46. The Hall–Kier alpha value is -2.69. The molecule has 29 heavy (non-hydrogen) atoms. The van der Waals surface area contributed by atoms with E-state index >= 15 is 0 Å². The third kappa shape index (κ3) is 4.19. The van der Waals surface area contributed by atoms with Gasteiger partial charge in [-0.2, -0.15) is 0 Å². The van der Waals surface area contributed by atoms with Crippen LogP contribution in [0.5, 0.6) is 0 Å². The molecule has 2 amide bonds. The first-order valence-electron chi connectivity index (χ1n) is 10.7. The third-order valence-corrected chi connectivity index (χ3v) is 6.33. The summed E-state index contributed by atoms with van der Waals surface area (Å²) in [7, 11) is 0. The van der Waals surface area contributed by atoms with Crippen molar-refractivity contribution in [2.75, 3.05) is 6.54 Å². The molecule has 2 saturated heterocycles. The van der Waals surface area contributed by atoms with Crippen LogP contribution >= 0.6 is 0 Å². The van der Waals surface area contributed by atoms with E-state index in [9.17, 15) is 9.59 Å². The van der Waals surface area contributed by atoms with Crippen molar-refractivity contribution in [1.29, 1.82) is 0 Å². The number of hydrogen-bond acceptors (Lipinski definition) is 3. The molecule has 2 aliphatic rings. The van der Waals surface area contributed by atoms with Crippen molar-refractivity contribution in [1.82, 2.24) is 14.8 Å². The van der Waals surface area contributed by atoms with E-state index < -0.39 is 0 Å². The highest BCUT2D eigenvalue weighted by atomic mass is 16.2. The van der Waals surface area contributed by atoms with Gasteiger partial charge in [-0.1, -0.05) is 49.2 Å². The Kier molecular flexibility index (Phi) is 5.93. The van der Waals surface area contributed by atoms with E-state index in [1.165, 1.54) is 5.56 Å². The molecular formula is C24H29N3O2. The van der Waals surface area contributed by atoms with Crippen molar-refractivity contribution in [2.45, 2.75) is 63.6 Å². The van der Waals surface area contributed by atoms with Gasteiger partial charge in [0.2, 0.25) is 5.91 Å². The number of pyridine rings is 1. The second-order valence-electron chi connectivity index (χ2n) is 8.20. The van der Waals surface area contributed by atoms with Crippen LogP contribution in [0.4, 0.5) is 0 Å². The van der Waals surface area contributed by atoms with Crippen molar-refractivity contribution in [3.05, 3.63) is 66.0 Å². The quantitative estimate of drug-likeness (QED) is 0.802. The van der Waals surface area contributed by atoms with Crippen molar-refractivity contribution >= 4 is 11.8 Å². The molecule has 152 valence electrons. The lowest BCUT2D eigenvalue weighted by molar-refractivity contribution is -0.132. The summed E-state index contributed by atoms with van der Waals surface area (Å²) in [6.07, 6.45) is 7.49. The summed E-state index contributed by atoms with van der Waals surface area (Å²) in [6, 6.07) is 16.1. The number of benzene rings is 1. The van der Waals surface area contributed by atoms with E-state index in [0.29, 0.717) is 5.69 Å². The smallest absolute Gasteiger partial charge is 0.272 e. The molecule has 2 fully saturated rings. The first kappa shape index (κ1) is 19.6. The monoisotopic (exact) mass is 391 g/mol. The number of carbonyl (C=O) groups is 2. The molecule has 5 heteroatoms. The summed E-state index contributed by atoms with van der Waals surface area (Å²) in [5.41, 5.74) is 1.73. The van der Waals surface area contributed by atoms with Crippen LogP contribution in [-0.2, 0) is 11.2 Å². The molecule has 0 spiro atoms. The molecule has 2 aromatic rings. The molecule has 3 atom stereocenters. The average Bonchev–Trinajstić information content (AvgIpc) is 3.06.